The minimum atomic E-state index is -0.629. The molecule has 5 nitrogen and oxygen atoms in total. The Morgan fingerprint density at radius 1 is 1.07 bits per heavy atom. The van der Waals surface area contributed by atoms with Crippen LogP contribution in [0.15, 0.2) is 54.6 Å². The molecule has 1 unspecified atom stereocenters. The summed E-state index contributed by atoms with van der Waals surface area (Å²) in [6.07, 6.45) is 2.44. The van der Waals surface area contributed by atoms with Gasteiger partial charge in [0.15, 0.2) is 6.10 Å². The molecule has 3 rings (SSSR count). The van der Waals surface area contributed by atoms with E-state index in [1.165, 1.54) is 11.3 Å². The van der Waals surface area contributed by atoms with Gasteiger partial charge in [-0.2, -0.15) is 0 Å². The number of hydrogen-bond acceptors (Lipinski definition) is 5. The van der Waals surface area contributed by atoms with Crippen LogP contribution in [0.25, 0.3) is 11.1 Å². The van der Waals surface area contributed by atoms with Crippen molar-refractivity contribution in [2.24, 2.45) is 0 Å². The largest absolute Gasteiger partial charge is 0.481 e. The lowest BCUT2D eigenvalue weighted by molar-refractivity contribution is -0.122. The molecule has 0 saturated heterocycles. The highest BCUT2D eigenvalue weighted by Gasteiger charge is 2.17. The number of ether oxygens (including phenoxy) is 1. The van der Waals surface area contributed by atoms with Crippen LogP contribution in [-0.2, 0) is 11.2 Å². The first kappa shape index (κ1) is 19.0. The summed E-state index contributed by atoms with van der Waals surface area (Å²) >= 11 is 1.41. The molecule has 1 aromatic heterocycles. The Hall–Kier alpha value is -2.73. The highest BCUT2D eigenvalue weighted by atomic mass is 32.1. The van der Waals surface area contributed by atoms with Gasteiger partial charge in [0, 0.05) is 6.42 Å². The summed E-state index contributed by atoms with van der Waals surface area (Å²) in [6.45, 7) is 3.86. The van der Waals surface area contributed by atoms with Gasteiger partial charge in [-0.1, -0.05) is 67.1 Å². The zero-order valence-corrected chi connectivity index (χ0v) is 16.3. The highest BCUT2D eigenvalue weighted by molar-refractivity contribution is 7.15. The lowest BCUT2D eigenvalue weighted by Crippen LogP contribution is -2.30. The van der Waals surface area contributed by atoms with E-state index >= 15 is 0 Å². The van der Waals surface area contributed by atoms with Crippen molar-refractivity contribution >= 4 is 22.4 Å². The van der Waals surface area contributed by atoms with Crippen LogP contribution >= 0.6 is 11.3 Å². The van der Waals surface area contributed by atoms with Crippen molar-refractivity contribution in [3.8, 4) is 16.9 Å². The van der Waals surface area contributed by atoms with Gasteiger partial charge in [-0.05, 0) is 36.6 Å². The topological polar surface area (TPSA) is 64.1 Å². The van der Waals surface area contributed by atoms with Crippen LogP contribution in [0.1, 0.15) is 31.7 Å². The summed E-state index contributed by atoms with van der Waals surface area (Å²) in [5.41, 5.74) is 2.25. The molecule has 1 atom stereocenters. The van der Waals surface area contributed by atoms with Gasteiger partial charge in [0.2, 0.25) is 5.13 Å². The van der Waals surface area contributed by atoms with Gasteiger partial charge in [0.05, 0.1) is 0 Å². The second-order valence-electron chi connectivity index (χ2n) is 6.24. The zero-order chi connectivity index (χ0) is 19.1. The van der Waals surface area contributed by atoms with E-state index in [0.29, 0.717) is 10.9 Å². The van der Waals surface area contributed by atoms with E-state index in [0.717, 1.165) is 35.4 Å². The standard InChI is InChI=1S/C21H23N3O2S/c1-3-4-10-19-23-24-21(27-19)22-20(25)15(2)26-18-13-11-17(12-14-18)16-8-6-5-7-9-16/h5-9,11-15H,3-4,10H2,1-2H3,(H,22,24,25). The van der Waals surface area contributed by atoms with Crippen LogP contribution in [-0.4, -0.2) is 22.2 Å². The first-order chi connectivity index (χ1) is 13.2. The number of unbranched alkanes of at least 4 members (excludes halogenated alkanes) is 1. The van der Waals surface area contributed by atoms with E-state index < -0.39 is 6.10 Å². The monoisotopic (exact) mass is 381 g/mol. The third-order valence-electron chi connectivity index (χ3n) is 4.08. The van der Waals surface area contributed by atoms with E-state index in [4.69, 9.17) is 4.74 Å². The number of nitrogens with one attached hydrogen (secondary N) is 1. The molecule has 0 fully saturated rings. The van der Waals surface area contributed by atoms with Gasteiger partial charge < -0.3 is 4.74 Å². The number of aromatic nitrogens is 2. The van der Waals surface area contributed by atoms with E-state index in [2.05, 4.69) is 34.6 Å². The Labute approximate surface area is 163 Å². The van der Waals surface area contributed by atoms with E-state index in [-0.39, 0.29) is 5.91 Å². The van der Waals surface area contributed by atoms with Crippen LogP contribution in [0, 0.1) is 0 Å². The number of rotatable bonds is 8. The summed E-state index contributed by atoms with van der Waals surface area (Å²) in [5.74, 6) is 0.415. The number of hydrogen-bond donors (Lipinski definition) is 1. The van der Waals surface area contributed by atoms with Gasteiger partial charge in [-0.3, -0.25) is 10.1 Å². The molecule has 0 aliphatic rings. The predicted molar refractivity (Wildman–Crippen MR) is 109 cm³/mol. The molecule has 0 spiro atoms. The lowest BCUT2D eigenvalue weighted by Gasteiger charge is -2.14. The molecule has 0 aliphatic heterocycles. The average molecular weight is 382 g/mol. The zero-order valence-electron chi connectivity index (χ0n) is 15.5. The fourth-order valence-corrected chi connectivity index (χ4v) is 3.34. The van der Waals surface area contributed by atoms with Crippen LogP contribution in [0.2, 0.25) is 0 Å². The summed E-state index contributed by atoms with van der Waals surface area (Å²) in [6, 6.07) is 17.8. The summed E-state index contributed by atoms with van der Waals surface area (Å²) in [5, 5.41) is 12.4. The number of anilines is 1. The quantitative estimate of drug-likeness (QED) is 0.599. The smallest absolute Gasteiger partial charge is 0.266 e. The van der Waals surface area contributed by atoms with Crippen molar-refractivity contribution in [2.75, 3.05) is 5.32 Å². The maximum absolute atomic E-state index is 12.3. The number of amides is 1. The molecule has 0 bridgehead atoms. The molecule has 27 heavy (non-hydrogen) atoms. The van der Waals surface area contributed by atoms with E-state index in [1.54, 1.807) is 6.92 Å². The molecule has 0 saturated carbocycles. The van der Waals surface area contributed by atoms with Gasteiger partial charge in [0.1, 0.15) is 10.8 Å². The molecule has 0 radical (unpaired) electrons. The van der Waals surface area contributed by atoms with Gasteiger partial charge in [0.25, 0.3) is 5.91 Å². The maximum Gasteiger partial charge on any atom is 0.266 e. The Morgan fingerprint density at radius 2 is 1.78 bits per heavy atom. The summed E-state index contributed by atoms with van der Waals surface area (Å²) in [7, 11) is 0. The summed E-state index contributed by atoms with van der Waals surface area (Å²) < 4.78 is 5.76. The number of benzene rings is 2. The number of aryl methyl sites for hydroxylation is 1. The first-order valence-corrected chi connectivity index (χ1v) is 9.92. The first-order valence-electron chi connectivity index (χ1n) is 9.11. The Kier molecular flexibility index (Phi) is 6.54. The SMILES string of the molecule is CCCCc1nnc(NC(=O)C(C)Oc2ccc(-c3ccccc3)cc2)s1. The normalized spacial score (nSPS) is 11.8. The molecule has 1 heterocycles. The van der Waals surface area contributed by atoms with Gasteiger partial charge in [-0.15, -0.1) is 10.2 Å². The highest BCUT2D eigenvalue weighted by Crippen LogP contribution is 2.23. The Balaban J connectivity index is 1.55. The van der Waals surface area contributed by atoms with Crippen molar-refractivity contribution in [1.29, 1.82) is 0 Å². The second-order valence-corrected chi connectivity index (χ2v) is 7.31. The molecule has 1 N–H and O–H groups in total. The fraction of sp³-hybridized carbons (Fsp3) is 0.286. The number of carbonyl (C=O) groups is 1. The van der Waals surface area contributed by atoms with Crippen molar-refractivity contribution in [2.45, 2.75) is 39.2 Å². The Bertz CT molecular complexity index is 863. The second kappa shape index (κ2) is 9.28. The number of nitrogens with zero attached hydrogens (tertiary/aromatic N) is 2. The van der Waals surface area contributed by atoms with Crippen LogP contribution in [0.3, 0.4) is 0 Å². The molecular formula is C21H23N3O2S. The molecule has 140 valence electrons. The molecule has 6 heteroatoms. The Morgan fingerprint density at radius 3 is 2.48 bits per heavy atom. The molecule has 2 aromatic carbocycles. The minimum Gasteiger partial charge on any atom is -0.481 e. The molecule has 0 aliphatic carbocycles. The van der Waals surface area contributed by atoms with Crippen LogP contribution in [0.4, 0.5) is 5.13 Å². The van der Waals surface area contributed by atoms with Gasteiger partial charge in [-0.25, -0.2) is 0 Å². The average Bonchev–Trinajstić information content (AvgIpc) is 3.15. The van der Waals surface area contributed by atoms with E-state index in [1.807, 2.05) is 42.5 Å². The van der Waals surface area contributed by atoms with Gasteiger partial charge >= 0.3 is 0 Å². The fourth-order valence-electron chi connectivity index (χ4n) is 2.55. The number of carbonyl (C=O) groups excluding carboxylic acids is 1. The van der Waals surface area contributed by atoms with Crippen molar-refractivity contribution in [1.82, 2.24) is 10.2 Å². The molecule has 3 aromatic rings. The maximum atomic E-state index is 12.3. The molecule has 1 amide bonds. The van der Waals surface area contributed by atoms with Crippen molar-refractivity contribution in [3.05, 3.63) is 59.6 Å². The van der Waals surface area contributed by atoms with Crippen molar-refractivity contribution < 1.29 is 9.53 Å². The summed E-state index contributed by atoms with van der Waals surface area (Å²) in [4.78, 5) is 12.3. The van der Waals surface area contributed by atoms with E-state index in [9.17, 15) is 4.79 Å². The van der Waals surface area contributed by atoms with Crippen LogP contribution < -0.4 is 10.1 Å². The lowest BCUT2D eigenvalue weighted by atomic mass is 10.1. The third kappa shape index (κ3) is 5.37. The van der Waals surface area contributed by atoms with Crippen LogP contribution in [0.5, 0.6) is 5.75 Å². The minimum absolute atomic E-state index is 0.236. The van der Waals surface area contributed by atoms with Crippen molar-refractivity contribution in [3.63, 3.8) is 0 Å². The predicted octanol–water partition coefficient (Wildman–Crippen LogP) is 4.95. The third-order valence-corrected chi connectivity index (χ3v) is 4.98. The molecular weight excluding hydrogens is 358 g/mol.